The second-order valence-electron chi connectivity index (χ2n) is 6.02. The van der Waals surface area contributed by atoms with Gasteiger partial charge < -0.3 is 14.4 Å². The Morgan fingerprint density at radius 1 is 1.00 bits per heavy atom. The van der Waals surface area contributed by atoms with E-state index in [0.717, 1.165) is 0 Å². The van der Waals surface area contributed by atoms with Crippen molar-refractivity contribution >= 4 is 18.0 Å². The number of hydrogen-bond donors (Lipinski definition) is 0. The van der Waals surface area contributed by atoms with Crippen molar-refractivity contribution in [3.05, 3.63) is 25.3 Å². The second kappa shape index (κ2) is 10.5. The summed E-state index contributed by atoms with van der Waals surface area (Å²) in [5, 5.41) is 0. The van der Waals surface area contributed by atoms with Crippen molar-refractivity contribution in [1.29, 1.82) is 0 Å². The van der Waals surface area contributed by atoms with Gasteiger partial charge in [-0.15, -0.1) is 13.2 Å². The molecule has 24 heavy (non-hydrogen) atoms. The molecule has 0 saturated carbocycles. The van der Waals surface area contributed by atoms with Gasteiger partial charge in [-0.2, -0.15) is 0 Å². The van der Waals surface area contributed by atoms with Crippen LogP contribution < -0.4 is 0 Å². The van der Waals surface area contributed by atoms with E-state index in [4.69, 9.17) is 9.47 Å². The van der Waals surface area contributed by atoms with Gasteiger partial charge in [0.1, 0.15) is 18.7 Å². The van der Waals surface area contributed by atoms with Crippen molar-refractivity contribution in [3.63, 3.8) is 0 Å². The van der Waals surface area contributed by atoms with Gasteiger partial charge in [-0.05, 0) is 27.7 Å². The predicted octanol–water partition coefficient (Wildman–Crippen LogP) is 1.99. The molecule has 0 aliphatic heterocycles. The molecule has 0 aromatic rings. The van der Waals surface area contributed by atoms with E-state index >= 15 is 0 Å². The largest absolute Gasteiger partial charge is 0.465 e. The summed E-state index contributed by atoms with van der Waals surface area (Å²) < 4.78 is 10.1. The summed E-state index contributed by atoms with van der Waals surface area (Å²) in [6.45, 7) is 14.2. The van der Waals surface area contributed by atoms with E-state index in [1.807, 2.05) is 0 Å². The van der Waals surface area contributed by atoms with Gasteiger partial charge in [-0.3, -0.25) is 14.5 Å². The fraction of sp³-hybridized carbons (Fsp3) is 0.588. The van der Waals surface area contributed by atoms with Crippen LogP contribution in [0.4, 0.5) is 4.79 Å². The van der Waals surface area contributed by atoms with Gasteiger partial charge >= 0.3 is 12.1 Å². The van der Waals surface area contributed by atoms with Gasteiger partial charge in [0.25, 0.3) is 0 Å². The third-order valence-corrected chi connectivity index (χ3v) is 2.65. The topological polar surface area (TPSA) is 76.2 Å². The molecule has 0 heterocycles. The maximum atomic E-state index is 12.4. The molecule has 7 heteroatoms. The van der Waals surface area contributed by atoms with E-state index in [1.54, 1.807) is 27.7 Å². The Labute approximate surface area is 143 Å². The molecule has 0 saturated heterocycles. The van der Waals surface area contributed by atoms with Crippen molar-refractivity contribution in [2.24, 2.45) is 0 Å². The van der Waals surface area contributed by atoms with E-state index in [2.05, 4.69) is 13.2 Å². The Morgan fingerprint density at radius 2 is 1.54 bits per heavy atom. The molecule has 0 unspecified atom stereocenters. The first-order valence-corrected chi connectivity index (χ1v) is 7.77. The Balaban J connectivity index is 4.97. The molecular weight excluding hydrogens is 312 g/mol. The van der Waals surface area contributed by atoms with Crippen molar-refractivity contribution in [2.45, 2.75) is 33.3 Å². The molecule has 0 aromatic carbocycles. The van der Waals surface area contributed by atoms with Crippen molar-refractivity contribution < 1.29 is 23.9 Å². The Morgan fingerprint density at radius 3 is 2.00 bits per heavy atom. The summed E-state index contributed by atoms with van der Waals surface area (Å²) in [7, 11) is 0. The number of rotatable bonds is 9. The zero-order chi connectivity index (χ0) is 18.8. The van der Waals surface area contributed by atoms with Crippen molar-refractivity contribution in [3.8, 4) is 0 Å². The molecular formula is C17H28N2O5. The monoisotopic (exact) mass is 340 g/mol. The van der Waals surface area contributed by atoms with Gasteiger partial charge in [-0.1, -0.05) is 12.2 Å². The molecule has 0 aromatic heterocycles. The van der Waals surface area contributed by atoms with E-state index in [1.165, 1.54) is 22.0 Å². The fourth-order valence-electron chi connectivity index (χ4n) is 1.72. The first kappa shape index (κ1) is 21.7. The molecule has 136 valence electrons. The average molecular weight is 340 g/mol. The smallest absolute Gasteiger partial charge is 0.411 e. The van der Waals surface area contributed by atoms with Crippen LogP contribution in [0.15, 0.2) is 25.3 Å². The molecule has 2 amide bonds. The number of nitrogens with zero attached hydrogens (tertiary/aromatic N) is 2. The minimum Gasteiger partial charge on any atom is -0.465 e. The van der Waals surface area contributed by atoms with Crippen LogP contribution in [0, 0.1) is 0 Å². The molecule has 0 aliphatic carbocycles. The highest BCUT2D eigenvalue weighted by Crippen LogP contribution is 2.10. The number of ether oxygens (including phenoxy) is 2. The first-order valence-electron chi connectivity index (χ1n) is 7.77. The van der Waals surface area contributed by atoms with Crippen LogP contribution in [0.5, 0.6) is 0 Å². The average Bonchev–Trinajstić information content (AvgIpc) is 2.44. The Bertz CT molecular complexity index is 468. The predicted molar refractivity (Wildman–Crippen MR) is 91.4 cm³/mol. The van der Waals surface area contributed by atoms with Gasteiger partial charge in [-0.25, -0.2) is 4.79 Å². The molecule has 0 fully saturated rings. The van der Waals surface area contributed by atoms with Crippen LogP contribution in [0.25, 0.3) is 0 Å². The van der Waals surface area contributed by atoms with E-state index in [-0.39, 0.29) is 32.8 Å². The molecule has 0 rings (SSSR count). The number of esters is 1. The summed E-state index contributed by atoms with van der Waals surface area (Å²) in [6, 6.07) is 0. The highest BCUT2D eigenvalue weighted by Gasteiger charge is 2.25. The third-order valence-electron chi connectivity index (χ3n) is 2.65. The minimum atomic E-state index is -0.675. The SMILES string of the molecule is C=CCN(CC(=O)OCC)C(=O)CN(CC=C)C(=O)OC(C)(C)C. The number of carbonyl (C=O) groups is 3. The lowest BCUT2D eigenvalue weighted by molar-refractivity contribution is -0.148. The van der Waals surface area contributed by atoms with Gasteiger partial charge in [0.2, 0.25) is 5.91 Å². The summed E-state index contributed by atoms with van der Waals surface area (Å²) in [6.07, 6.45) is 2.38. The van der Waals surface area contributed by atoms with Crippen LogP contribution in [-0.2, 0) is 19.1 Å². The minimum absolute atomic E-state index is 0.155. The third kappa shape index (κ3) is 8.97. The maximum absolute atomic E-state index is 12.4. The fourth-order valence-corrected chi connectivity index (χ4v) is 1.72. The zero-order valence-corrected chi connectivity index (χ0v) is 15.0. The molecule has 7 nitrogen and oxygen atoms in total. The molecule has 0 spiro atoms. The Hall–Kier alpha value is -2.31. The van der Waals surface area contributed by atoms with Crippen LogP contribution in [0.3, 0.4) is 0 Å². The number of carbonyl (C=O) groups excluding carboxylic acids is 3. The summed E-state index contributed by atoms with van der Waals surface area (Å²) in [5.41, 5.74) is -0.675. The van der Waals surface area contributed by atoms with Crippen LogP contribution in [0.1, 0.15) is 27.7 Å². The van der Waals surface area contributed by atoms with Crippen LogP contribution in [0.2, 0.25) is 0 Å². The lowest BCUT2D eigenvalue weighted by Crippen LogP contribution is -2.46. The molecule has 0 radical (unpaired) electrons. The van der Waals surface area contributed by atoms with Crippen molar-refractivity contribution in [2.75, 3.05) is 32.8 Å². The standard InChI is InChI=1S/C17H28N2O5/c1-7-10-18(13-15(21)23-9-3)14(20)12-19(11-8-2)16(22)24-17(4,5)6/h7-8H,1-2,9-13H2,3-6H3. The lowest BCUT2D eigenvalue weighted by atomic mass is 10.2. The summed E-state index contributed by atoms with van der Waals surface area (Å²) >= 11 is 0. The lowest BCUT2D eigenvalue weighted by Gasteiger charge is -2.28. The van der Waals surface area contributed by atoms with E-state index in [0.29, 0.717) is 0 Å². The second-order valence-corrected chi connectivity index (χ2v) is 6.02. The van der Waals surface area contributed by atoms with Gasteiger partial charge in [0, 0.05) is 13.1 Å². The summed E-state index contributed by atoms with van der Waals surface area (Å²) in [5.74, 6) is -0.920. The summed E-state index contributed by atoms with van der Waals surface area (Å²) in [4.78, 5) is 38.7. The van der Waals surface area contributed by atoms with Gasteiger partial charge in [0.05, 0.1) is 6.61 Å². The molecule has 0 aliphatic rings. The number of hydrogen-bond acceptors (Lipinski definition) is 5. The molecule has 0 atom stereocenters. The highest BCUT2D eigenvalue weighted by atomic mass is 16.6. The van der Waals surface area contributed by atoms with Gasteiger partial charge in [0.15, 0.2) is 0 Å². The van der Waals surface area contributed by atoms with E-state index in [9.17, 15) is 14.4 Å². The van der Waals surface area contributed by atoms with Crippen LogP contribution >= 0.6 is 0 Å². The quantitative estimate of drug-likeness (QED) is 0.474. The van der Waals surface area contributed by atoms with E-state index < -0.39 is 23.6 Å². The molecule has 0 N–H and O–H groups in total. The Kier molecular flexibility index (Phi) is 9.45. The normalized spacial score (nSPS) is 10.5. The first-order chi connectivity index (χ1) is 11.1. The highest BCUT2D eigenvalue weighted by molar-refractivity contribution is 5.86. The number of amides is 2. The van der Waals surface area contributed by atoms with Crippen LogP contribution in [-0.4, -0.2) is 66.2 Å². The molecule has 0 bridgehead atoms. The zero-order valence-electron chi connectivity index (χ0n) is 15.0. The maximum Gasteiger partial charge on any atom is 0.411 e. The van der Waals surface area contributed by atoms with Crippen molar-refractivity contribution in [1.82, 2.24) is 9.80 Å².